The summed E-state index contributed by atoms with van der Waals surface area (Å²) in [5, 5.41) is 0. The number of allylic oxidation sites excluding steroid dienone is 10. The van der Waals surface area contributed by atoms with Gasteiger partial charge in [0.1, 0.15) is 13.2 Å². The minimum atomic E-state index is -0.787. The lowest BCUT2D eigenvalue weighted by Gasteiger charge is -2.18. The van der Waals surface area contributed by atoms with E-state index in [2.05, 4.69) is 81.5 Å². The number of unbranched alkanes of at least 4 members (excludes halogenated alkanes) is 31. The van der Waals surface area contributed by atoms with E-state index in [1.165, 1.54) is 141 Å². The molecular weight excluding hydrogens is 829 g/mol. The van der Waals surface area contributed by atoms with Crippen LogP contribution in [0.15, 0.2) is 60.8 Å². The van der Waals surface area contributed by atoms with E-state index in [9.17, 15) is 14.4 Å². The molecule has 0 aromatic carbocycles. The molecule has 0 spiro atoms. The van der Waals surface area contributed by atoms with Crippen LogP contribution in [0.3, 0.4) is 0 Å². The van der Waals surface area contributed by atoms with Crippen LogP contribution in [0.5, 0.6) is 0 Å². The van der Waals surface area contributed by atoms with E-state index in [1.54, 1.807) is 0 Å². The molecule has 0 unspecified atom stereocenters. The lowest BCUT2D eigenvalue weighted by Crippen LogP contribution is -2.30. The molecule has 0 aliphatic carbocycles. The minimum absolute atomic E-state index is 0.0829. The fourth-order valence-electron chi connectivity index (χ4n) is 8.19. The third-order valence-corrected chi connectivity index (χ3v) is 12.5. The van der Waals surface area contributed by atoms with Crippen LogP contribution in [-0.4, -0.2) is 37.2 Å². The molecule has 67 heavy (non-hydrogen) atoms. The maximum absolute atomic E-state index is 12.8. The highest BCUT2D eigenvalue weighted by Gasteiger charge is 2.19. The van der Waals surface area contributed by atoms with Crippen LogP contribution < -0.4 is 0 Å². The molecule has 1 atom stereocenters. The Morgan fingerprint density at radius 3 is 0.925 bits per heavy atom. The van der Waals surface area contributed by atoms with Gasteiger partial charge in [-0.25, -0.2) is 0 Å². The Morgan fingerprint density at radius 1 is 0.313 bits per heavy atom. The summed E-state index contributed by atoms with van der Waals surface area (Å²) in [5.74, 6) is -0.904. The lowest BCUT2D eigenvalue weighted by molar-refractivity contribution is -0.167. The van der Waals surface area contributed by atoms with Crippen LogP contribution in [0.4, 0.5) is 0 Å². The molecule has 6 nitrogen and oxygen atoms in total. The van der Waals surface area contributed by atoms with Crippen molar-refractivity contribution in [1.82, 2.24) is 0 Å². The van der Waals surface area contributed by atoms with Gasteiger partial charge in [-0.05, 0) is 83.5 Å². The second kappa shape index (κ2) is 55.7. The van der Waals surface area contributed by atoms with Gasteiger partial charge in [0.05, 0.1) is 0 Å². The van der Waals surface area contributed by atoms with E-state index < -0.39 is 6.10 Å². The standard InChI is InChI=1S/C61H108O6/c1-4-7-10-13-16-19-22-25-28-30-33-35-38-41-44-47-50-53-59(62)65-56-58(67-61(64)55-52-49-46-43-40-37-32-27-24-21-18-15-12-9-6-3)57-66-60(63)54-51-48-45-42-39-36-34-31-29-26-23-20-17-14-11-8-5-2/h7,10,16,19,25,27-28,32-33,35,58H,4-6,8-9,11-15,17-18,20-24,26,29-31,34,36-57H2,1-3H3/b10-7-,19-16-,28-25-,32-27-,35-33-/t58-/m1/s1. The third kappa shape index (κ3) is 53.9. The molecule has 0 aliphatic heterocycles. The van der Waals surface area contributed by atoms with E-state index in [0.29, 0.717) is 19.3 Å². The SMILES string of the molecule is CC/C=C\C/C=C\C/C=C\C/C=C\CCCCCCC(=O)OC[C@H](COC(=O)CCCCCCCCCCCCCCCCCCC)OC(=O)CCCCCCC/C=C\CCCCCCCC. The normalized spacial score (nSPS) is 12.5. The van der Waals surface area contributed by atoms with Gasteiger partial charge in [-0.1, -0.05) is 248 Å². The molecule has 0 aliphatic rings. The van der Waals surface area contributed by atoms with Gasteiger partial charge in [-0.3, -0.25) is 14.4 Å². The molecular formula is C61H108O6. The highest BCUT2D eigenvalue weighted by Crippen LogP contribution is 2.16. The van der Waals surface area contributed by atoms with Gasteiger partial charge in [-0.15, -0.1) is 0 Å². The van der Waals surface area contributed by atoms with Crippen LogP contribution in [0.1, 0.15) is 290 Å². The van der Waals surface area contributed by atoms with Crippen LogP contribution in [0, 0.1) is 0 Å². The Bertz CT molecular complexity index is 1210. The zero-order valence-corrected chi connectivity index (χ0v) is 44.4. The second-order valence-electron chi connectivity index (χ2n) is 19.2. The summed E-state index contributed by atoms with van der Waals surface area (Å²) in [6.45, 7) is 6.52. The number of carbonyl (C=O) groups excluding carboxylic acids is 3. The molecule has 0 radical (unpaired) electrons. The minimum Gasteiger partial charge on any atom is -0.462 e. The fourth-order valence-corrected chi connectivity index (χ4v) is 8.19. The maximum atomic E-state index is 12.8. The van der Waals surface area contributed by atoms with E-state index in [1.807, 2.05) is 0 Å². The van der Waals surface area contributed by atoms with Gasteiger partial charge in [0.25, 0.3) is 0 Å². The Balaban J connectivity index is 4.40. The number of rotatable bonds is 52. The molecule has 0 aromatic rings. The van der Waals surface area contributed by atoms with Crippen molar-refractivity contribution < 1.29 is 28.6 Å². The number of ether oxygens (including phenoxy) is 3. The first kappa shape index (κ1) is 64.1. The van der Waals surface area contributed by atoms with Crippen LogP contribution in [0.2, 0.25) is 0 Å². The number of hydrogen-bond donors (Lipinski definition) is 0. The Kier molecular flexibility index (Phi) is 53.3. The van der Waals surface area contributed by atoms with E-state index in [4.69, 9.17) is 14.2 Å². The average molecular weight is 938 g/mol. The molecule has 0 N–H and O–H groups in total. The summed E-state index contributed by atoms with van der Waals surface area (Å²) < 4.78 is 16.9. The highest BCUT2D eigenvalue weighted by atomic mass is 16.6. The van der Waals surface area contributed by atoms with Crippen molar-refractivity contribution >= 4 is 17.9 Å². The Morgan fingerprint density at radius 2 is 0.582 bits per heavy atom. The van der Waals surface area contributed by atoms with Gasteiger partial charge in [0.15, 0.2) is 6.10 Å². The van der Waals surface area contributed by atoms with Gasteiger partial charge >= 0.3 is 17.9 Å². The molecule has 0 heterocycles. The molecule has 388 valence electrons. The van der Waals surface area contributed by atoms with Crippen molar-refractivity contribution in [1.29, 1.82) is 0 Å². The number of hydrogen-bond acceptors (Lipinski definition) is 6. The predicted molar refractivity (Wildman–Crippen MR) is 288 cm³/mol. The summed E-state index contributed by atoms with van der Waals surface area (Å²) in [6, 6.07) is 0. The lowest BCUT2D eigenvalue weighted by atomic mass is 10.0. The number of esters is 3. The summed E-state index contributed by atoms with van der Waals surface area (Å²) in [6.07, 6.45) is 69.2. The van der Waals surface area contributed by atoms with Crippen molar-refractivity contribution in [2.75, 3.05) is 13.2 Å². The van der Waals surface area contributed by atoms with Gasteiger partial charge in [0, 0.05) is 19.3 Å². The monoisotopic (exact) mass is 937 g/mol. The largest absolute Gasteiger partial charge is 0.462 e. The maximum Gasteiger partial charge on any atom is 0.306 e. The van der Waals surface area contributed by atoms with Crippen molar-refractivity contribution in [3.05, 3.63) is 60.8 Å². The molecule has 0 saturated carbocycles. The summed E-state index contributed by atoms with van der Waals surface area (Å²) >= 11 is 0. The predicted octanol–water partition coefficient (Wildman–Crippen LogP) is 19.2. The zero-order chi connectivity index (χ0) is 48.6. The average Bonchev–Trinajstić information content (AvgIpc) is 3.33. The molecule has 0 rings (SSSR count). The van der Waals surface area contributed by atoms with Crippen molar-refractivity contribution in [2.45, 2.75) is 297 Å². The van der Waals surface area contributed by atoms with E-state index in [0.717, 1.165) is 109 Å². The van der Waals surface area contributed by atoms with Crippen LogP contribution in [0.25, 0.3) is 0 Å². The van der Waals surface area contributed by atoms with E-state index in [-0.39, 0.29) is 31.1 Å². The summed E-state index contributed by atoms with van der Waals surface area (Å²) in [4.78, 5) is 38.1. The van der Waals surface area contributed by atoms with Crippen LogP contribution >= 0.6 is 0 Å². The van der Waals surface area contributed by atoms with Crippen molar-refractivity contribution in [3.63, 3.8) is 0 Å². The fraction of sp³-hybridized carbons (Fsp3) is 0.787. The van der Waals surface area contributed by atoms with Gasteiger partial charge in [0.2, 0.25) is 0 Å². The third-order valence-electron chi connectivity index (χ3n) is 12.5. The first-order valence-electron chi connectivity index (χ1n) is 28.8. The molecule has 0 bridgehead atoms. The van der Waals surface area contributed by atoms with Gasteiger partial charge < -0.3 is 14.2 Å². The Hall–Kier alpha value is -2.89. The highest BCUT2D eigenvalue weighted by molar-refractivity contribution is 5.71. The second-order valence-corrected chi connectivity index (χ2v) is 19.2. The van der Waals surface area contributed by atoms with E-state index >= 15 is 0 Å². The number of carbonyl (C=O) groups is 3. The summed E-state index contributed by atoms with van der Waals surface area (Å²) in [7, 11) is 0. The Labute approximate surface area is 415 Å². The van der Waals surface area contributed by atoms with Gasteiger partial charge in [-0.2, -0.15) is 0 Å². The van der Waals surface area contributed by atoms with Crippen molar-refractivity contribution in [2.24, 2.45) is 0 Å². The van der Waals surface area contributed by atoms with Crippen LogP contribution in [-0.2, 0) is 28.6 Å². The first-order valence-corrected chi connectivity index (χ1v) is 28.8. The molecule has 0 amide bonds. The first-order chi connectivity index (χ1) is 33.0. The molecule has 0 aromatic heterocycles. The van der Waals surface area contributed by atoms with Crippen molar-refractivity contribution in [3.8, 4) is 0 Å². The quantitative estimate of drug-likeness (QED) is 0.0262. The molecule has 0 fully saturated rings. The smallest absolute Gasteiger partial charge is 0.306 e. The molecule has 6 heteroatoms. The summed E-state index contributed by atoms with van der Waals surface area (Å²) in [5.41, 5.74) is 0. The topological polar surface area (TPSA) is 78.9 Å². The molecule has 0 saturated heterocycles. The zero-order valence-electron chi connectivity index (χ0n) is 44.4.